The Kier molecular flexibility index (Phi) is 4.48. The summed E-state index contributed by atoms with van der Waals surface area (Å²) < 4.78 is 0. The van der Waals surface area contributed by atoms with Crippen LogP contribution in [0.25, 0.3) is 0 Å². The van der Waals surface area contributed by atoms with Crippen LogP contribution in [0.15, 0.2) is 30.6 Å². The predicted molar refractivity (Wildman–Crippen MR) is 88.7 cm³/mol. The number of carbonyl (C=O) groups is 1. The molecule has 1 aromatic carbocycles. The number of aromatic nitrogens is 2. The van der Waals surface area contributed by atoms with Crippen molar-refractivity contribution in [3.05, 3.63) is 35.6 Å². The average molecular weight is 320 g/mol. The van der Waals surface area contributed by atoms with Crippen LogP contribution < -0.4 is 15.5 Å². The molecule has 1 aliphatic rings. The van der Waals surface area contributed by atoms with Crippen LogP contribution in [-0.2, 0) is 0 Å². The van der Waals surface area contributed by atoms with Gasteiger partial charge in [-0.25, -0.2) is 4.79 Å². The molecule has 116 valence electrons. The number of piperidine rings is 1. The summed E-state index contributed by atoms with van der Waals surface area (Å²) in [4.78, 5) is 14.4. The summed E-state index contributed by atoms with van der Waals surface area (Å²) in [5.41, 5.74) is 2.33. The van der Waals surface area contributed by atoms with Crippen LogP contribution in [0, 0.1) is 0 Å². The number of nitrogens with one attached hydrogen (secondary N) is 3. The summed E-state index contributed by atoms with van der Waals surface area (Å²) in [5.74, 6) is 0. The van der Waals surface area contributed by atoms with Crippen molar-refractivity contribution in [2.45, 2.75) is 19.3 Å². The number of nitrogens with zero attached hydrogens (tertiary/aromatic N) is 2. The Morgan fingerprint density at radius 3 is 2.77 bits per heavy atom. The van der Waals surface area contributed by atoms with E-state index in [2.05, 4.69) is 25.7 Å². The van der Waals surface area contributed by atoms with Gasteiger partial charge < -0.3 is 15.5 Å². The lowest BCUT2D eigenvalue weighted by Gasteiger charge is -2.30. The molecule has 3 N–H and O–H groups in total. The molecule has 3 rings (SSSR count). The molecule has 22 heavy (non-hydrogen) atoms. The molecule has 0 saturated carbocycles. The first-order valence-electron chi connectivity index (χ1n) is 7.34. The van der Waals surface area contributed by atoms with Gasteiger partial charge >= 0.3 is 6.03 Å². The first kappa shape index (κ1) is 14.7. The second-order valence-corrected chi connectivity index (χ2v) is 5.71. The van der Waals surface area contributed by atoms with Gasteiger partial charge in [0.1, 0.15) is 0 Å². The Labute approximate surface area is 133 Å². The van der Waals surface area contributed by atoms with E-state index in [9.17, 15) is 4.79 Å². The summed E-state index contributed by atoms with van der Waals surface area (Å²) in [6, 6.07) is 5.27. The van der Waals surface area contributed by atoms with Gasteiger partial charge in [0.2, 0.25) is 0 Å². The molecule has 0 radical (unpaired) electrons. The first-order chi connectivity index (χ1) is 10.7. The average Bonchev–Trinajstić information content (AvgIpc) is 3.01. The quantitative estimate of drug-likeness (QED) is 0.807. The molecule has 1 aliphatic heterocycles. The zero-order valence-electron chi connectivity index (χ0n) is 12.1. The number of urea groups is 1. The number of rotatable bonds is 3. The molecule has 0 atom stereocenters. The molecule has 0 spiro atoms. The second kappa shape index (κ2) is 6.70. The highest BCUT2D eigenvalue weighted by Gasteiger charge is 2.16. The number of halogens is 1. The molecule has 2 heterocycles. The minimum absolute atomic E-state index is 0.318. The maximum Gasteiger partial charge on any atom is 0.323 e. The zero-order valence-corrected chi connectivity index (χ0v) is 12.9. The molecule has 0 unspecified atom stereocenters. The fourth-order valence-electron chi connectivity index (χ4n) is 2.62. The van der Waals surface area contributed by atoms with Crippen molar-refractivity contribution in [3.63, 3.8) is 0 Å². The molecule has 0 aliphatic carbocycles. The zero-order chi connectivity index (χ0) is 15.4. The molecule has 2 amide bonds. The van der Waals surface area contributed by atoms with E-state index in [1.807, 2.05) is 12.1 Å². The van der Waals surface area contributed by atoms with Gasteiger partial charge in [-0.2, -0.15) is 5.10 Å². The smallest absolute Gasteiger partial charge is 0.323 e. The predicted octanol–water partition coefficient (Wildman–Crippen LogP) is 3.70. The van der Waals surface area contributed by atoms with Gasteiger partial charge in [-0.05, 0) is 37.5 Å². The highest BCUT2D eigenvalue weighted by atomic mass is 35.5. The van der Waals surface area contributed by atoms with Gasteiger partial charge in [0, 0.05) is 24.3 Å². The maximum absolute atomic E-state index is 12.1. The van der Waals surface area contributed by atoms with Crippen LogP contribution >= 0.6 is 11.6 Å². The van der Waals surface area contributed by atoms with Gasteiger partial charge in [0.25, 0.3) is 0 Å². The summed E-state index contributed by atoms with van der Waals surface area (Å²) in [6.45, 7) is 2.00. The van der Waals surface area contributed by atoms with E-state index in [1.54, 1.807) is 18.5 Å². The van der Waals surface area contributed by atoms with Crippen molar-refractivity contribution in [2.24, 2.45) is 0 Å². The highest BCUT2D eigenvalue weighted by Crippen LogP contribution is 2.31. The number of aromatic amines is 1. The fraction of sp³-hybridized carbons (Fsp3) is 0.333. The van der Waals surface area contributed by atoms with Crippen LogP contribution in [0.4, 0.5) is 21.9 Å². The maximum atomic E-state index is 12.1. The van der Waals surface area contributed by atoms with Crippen molar-refractivity contribution in [2.75, 3.05) is 28.6 Å². The van der Waals surface area contributed by atoms with E-state index in [1.165, 1.54) is 19.3 Å². The SMILES string of the molecule is O=C(Nc1cn[nH]c1)Nc1cc(Cl)ccc1N1CCCCC1. The molecule has 2 aromatic rings. The largest absolute Gasteiger partial charge is 0.370 e. The third-order valence-electron chi connectivity index (χ3n) is 3.66. The minimum atomic E-state index is -0.318. The van der Waals surface area contributed by atoms with E-state index in [0.717, 1.165) is 24.5 Å². The van der Waals surface area contributed by atoms with Gasteiger partial charge in [0.05, 0.1) is 23.3 Å². The number of benzene rings is 1. The monoisotopic (exact) mass is 319 g/mol. The van der Waals surface area contributed by atoms with Crippen molar-refractivity contribution in [1.82, 2.24) is 10.2 Å². The van der Waals surface area contributed by atoms with Crippen molar-refractivity contribution < 1.29 is 4.79 Å². The lowest BCUT2D eigenvalue weighted by Crippen LogP contribution is -2.30. The van der Waals surface area contributed by atoms with Gasteiger partial charge in [0.15, 0.2) is 0 Å². The highest BCUT2D eigenvalue weighted by molar-refractivity contribution is 6.31. The number of H-pyrrole nitrogens is 1. The Morgan fingerprint density at radius 1 is 1.23 bits per heavy atom. The van der Waals surface area contributed by atoms with Crippen LogP contribution in [0.1, 0.15) is 19.3 Å². The Hall–Kier alpha value is -2.21. The van der Waals surface area contributed by atoms with Crippen molar-refractivity contribution >= 4 is 34.7 Å². The van der Waals surface area contributed by atoms with Crippen molar-refractivity contribution in [1.29, 1.82) is 0 Å². The second-order valence-electron chi connectivity index (χ2n) is 5.28. The standard InChI is InChI=1S/C15H18ClN5O/c16-11-4-5-14(21-6-2-1-3-7-21)13(8-11)20-15(22)19-12-9-17-18-10-12/h4-5,8-10H,1-3,6-7H2,(H,17,18)(H2,19,20,22). The van der Waals surface area contributed by atoms with Gasteiger partial charge in [-0.15, -0.1) is 0 Å². The molecule has 1 aromatic heterocycles. The molecule has 0 bridgehead atoms. The summed E-state index contributed by atoms with van der Waals surface area (Å²) >= 11 is 6.08. The summed E-state index contributed by atoms with van der Waals surface area (Å²) in [5, 5.41) is 12.6. The molecule has 6 nitrogen and oxygen atoms in total. The topological polar surface area (TPSA) is 73.0 Å². The van der Waals surface area contributed by atoms with Crippen LogP contribution in [-0.4, -0.2) is 29.3 Å². The van der Waals surface area contributed by atoms with E-state index >= 15 is 0 Å². The van der Waals surface area contributed by atoms with E-state index < -0.39 is 0 Å². The third-order valence-corrected chi connectivity index (χ3v) is 3.89. The third kappa shape index (κ3) is 3.51. The Morgan fingerprint density at radius 2 is 2.05 bits per heavy atom. The lowest BCUT2D eigenvalue weighted by molar-refractivity contribution is 0.262. The summed E-state index contributed by atoms with van der Waals surface area (Å²) in [6.07, 6.45) is 6.76. The number of anilines is 3. The first-order valence-corrected chi connectivity index (χ1v) is 7.71. The molecule has 1 saturated heterocycles. The van der Waals surface area contributed by atoms with E-state index in [-0.39, 0.29) is 6.03 Å². The fourth-order valence-corrected chi connectivity index (χ4v) is 2.79. The Balaban J connectivity index is 1.76. The number of amides is 2. The van der Waals surface area contributed by atoms with Crippen LogP contribution in [0.2, 0.25) is 5.02 Å². The lowest BCUT2D eigenvalue weighted by atomic mass is 10.1. The summed E-state index contributed by atoms with van der Waals surface area (Å²) in [7, 11) is 0. The van der Waals surface area contributed by atoms with Gasteiger partial charge in [-0.1, -0.05) is 11.6 Å². The van der Waals surface area contributed by atoms with Crippen LogP contribution in [0.3, 0.4) is 0 Å². The van der Waals surface area contributed by atoms with Gasteiger partial charge in [-0.3, -0.25) is 5.10 Å². The molecular weight excluding hydrogens is 302 g/mol. The van der Waals surface area contributed by atoms with Crippen molar-refractivity contribution in [3.8, 4) is 0 Å². The minimum Gasteiger partial charge on any atom is -0.370 e. The van der Waals surface area contributed by atoms with E-state index in [0.29, 0.717) is 10.7 Å². The number of hydrogen-bond acceptors (Lipinski definition) is 3. The number of carbonyl (C=O) groups excluding carboxylic acids is 1. The van der Waals surface area contributed by atoms with E-state index in [4.69, 9.17) is 11.6 Å². The molecule has 1 fully saturated rings. The molecular formula is C15H18ClN5O. The number of hydrogen-bond donors (Lipinski definition) is 3. The normalized spacial score (nSPS) is 14.7. The Bertz CT molecular complexity index is 637. The van der Waals surface area contributed by atoms with Crippen LogP contribution in [0.5, 0.6) is 0 Å². The molecule has 7 heteroatoms.